The molecule has 0 amide bonds. The fraction of sp³-hybridized carbons (Fsp3) is 0.222. The van der Waals surface area contributed by atoms with Crippen LogP contribution in [0.25, 0.3) is 0 Å². The second kappa shape index (κ2) is 10.7. The minimum atomic E-state index is -4.54. The van der Waals surface area contributed by atoms with Gasteiger partial charge in [0, 0.05) is 32.0 Å². The van der Waals surface area contributed by atoms with Gasteiger partial charge in [-0.3, -0.25) is 4.57 Å². The number of benzene rings is 3. The van der Waals surface area contributed by atoms with Crippen molar-refractivity contribution < 1.29 is 13.2 Å². The first kappa shape index (κ1) is 25.7. The Morgan fingerprint density at radius 3 is 2.22 bits per heavy atom. The predicted molar refractivity (Wildman–Crippen MR) is 138 cm³/mol. The number of hydrogen-bond donors (Lipinski definition) is 1. The van der Waals surface area contributed by atoms with Crippen LogP contribution >= 0.6 is 0 Å². The van der Waals surface area contributed by atoms with Crippen LogP contribution in [0.15, 0.2) is 88.5 Å². The highest BCUT2D eigenvalue weighted by Gasteiger charge is 2.30. The highest BCUT2D eigenvalue weighted by molar-refractivity contribution is 5.55. The Hall–Kier alpha value is -4.34. The third kappa shape index (κ3) is 6.27. The summed E-state index contributed by atoms with van der Waals surface area (Å²) in [6.07, 6.45) is -4.10. The Bertz CT molecular complexity index is 1480. The van der Waals surface area contributed by atoms with Gasteiger partial charge in [0.2, 0.25) is 5.95 Å². The third-order valence-electron chi connectivity index (χ3n) is 5.86. The van der Waals surface area contributed by atoms with Crippen molar-refractivity contribution in [2.24, 2.45) is 0 Å². The first-order valence-electron chi connectivity index (χ1n) is 11.6. The third-order valence-corrected chi connectivity index (χ3v) is 5.86. The van der Waals surface area contributed by atoms with Crippen LogP contribution in [-0.4, -0.2) is 28.2 Å². The number of nitrogens with zero attached hydrogens (tertiary/aromatic N) is 4. The van der Waals surface area contributed by atoms with Crippen LogP contribution in [-0.2, 0) is 25.7 Å². The van der Waals surface area contributed by atoms with Crippen molar-refractivity contribution in [3.8, 4) is 0 Å². The number of anilines is 3. The Kier molecular flexibility index (Phi) is 7.47. The zero-order valence-electron chi connectivity index (χ0n) is 20.4. The molecule has 0 bridgehead atoms. The van der Waals surface area contributed by atoms with Crippen molar-refractivity contribution in [1.29, 1.82) is 0 Å². The van der Waals surface area contributed by atoms with Gasteiger partial charge < -0.3 is 10.2 Å². The molecule has 0 aliphatic heterocycles. The van der Waals surface area contributed by atoms with Crippen molar-refractivity contribution in [1.82, 2.24) is 14.1 Å². The van der Waals surface area contributed by atoms with E-state index < -0.39 is 23.1 Å². The monoisotopic (exact) mass is 509 g/mol. The maximum absolute atomic E-state index is 13.5. The molecule has 10 heteroatoms. The van der Waals surface area contributed by atoms with Crippen LogP contribution in [0, 0.1) is 0 Å². The van der Waals surface area contributed by atoms with Gasteiger partial charge in [0.1, 0.15) is 0 Å². The van der Waals surface area contributed by atoms with Crippen LogP contribution in [0.4, 0.5) is 30.5 Å². The molecule has 37 heavy (non-hydrogen) atoms. The Morgan fingerprint density at radius 2 is 1.57 bits per heavy atom. The summed E-state index contributed by atoms with van der Waals surface area (Å²) in [7, 11) is 3.81. The first-order chi connectivity index (χ1) is 17.6. The molecule has 1 heterocycles. The lowest BCUT2D eigenvalue weighted by Crippen LogP contribution is -2.43. The van der Waals surface area contributed by atoms with Crippen molar-refractivity contribution in [3.05, 3.63) is 117 Å². The van der Waals surface area contributed by atoms with E-state index in [4.69, 9.17) is 0 Å². The molecule has 7 nitrogen and oxygen atoms in total. The summed E-state index contributed by atoms with van der Waals surface area (Å²) < 4.78 is 41.9. The summed E-state index contributed by atoms with van der Waals surface area (Å²) >= 11 is 0. The lowest BCUT2D eigenvalue weighted by Gasteiger charge is -2.17. The Morgan fingerprint density at radius 1 is 0.865 bits per heavy atom. The number of alkyl halides is 3. The number of aryl methyl sites for hydroxylation is 1. The van der Waals surface area contributed by atoms with E-state index in [0.29, 0.717) is 6.42 Å². The molecule has 4 aromatic rings. The summed E-state index contributed by atoms with van der Waals surface area (Å²) in [5, 5.41) is 2.75. The van der Waals surface area contributed by atoms with Gasteiger partial charge in [0.25, 0.3) is 0 Å². The van der Waals surface area contributed by atoms with E-state index in [9.17, 15) is 22.8 Å². The standard InChI is InChI=1S/C27H26F3N5O2/c1-33(2)23-13-11-20(12-14-23)18-35-24(31-22-10-6-9-21(17-22)27(28,29)30)32-25(36)34(26(35)37)16-15-19-7-4-3-5-8-19/h3-14,17H,15-16,18H2,1-2H3,(H,31,32,36). The van der Waals surface area contributed by atoms with Gasteiger partial charge >= 0.3 is 17.6 Å². The maximum atomic E-state index is 13.5. The summed E-state index contributed by atoms with van der Waals surface area (Å²) in [6.45, 7) is 0.171. The van der Waals surface area contributed by atoms with Crippen LogP contribution < -0.4 is 21.6 Å². The van der Waals surface area contributed by atoms with Gasteiger partial charge in [-0.25, -0.2) is 14.2 Å². The SMILES string of the molecule is CN(C)c1ccc(Cn2c(Nc3cccc(C(F)(F)F)c3)nc(=O)n(CCc3ccccc3)c2=O)cc1. The van der Waals surface area contributed by atoms with E-state index in [1.54, 1.807) is 0 Å². The molecule has 0 unspecified atom stereocenters. The molecule has 0 aliphatic rings. The number of rotatable bonds is 8. The molecular weight excluding hydrogens is 483 g/mol. The average molecular weight is 510 g/mol. The molecule has 1 N–H and O–H groups in total. The van der Waals surface area contributed by atoms with E-state index in [0.717, 1.165) is 33.5 Å². The largest absolute Gasteiger partial charge is 0.416 e. The topological polar surface area (TPSA) is 72.2 Å². The zero-order chi connectivity index (χ0) is 26.6. The summed E-state index contributed by atoms with van der Waals surface area (Å²) in [5.74, 6) is -0.137. The quantitative estimate of drug-likeness (QED) is 0.378. The van der Waals surface area contributed by atoms with Gasteiger partial charge in [-0.15, -0.1) is 0 Å². The molecule has 0 aliphatic carbocycles. The van der Waals surface area contributed by atoms with Crippen LogP contribution in [0.1, 0.15) is 16.7 Å². The van der Waals surface area contributed by atoms with E-state index in [2.05, 4.69) is 10.3 Å². The van der Waals surface area contributed by atoms with Gasteiger partial charge in [-0.2, -0.15) is 18.2 Å². The molecule has 0 saturated carbocycles. The highest BCUT2D eigenvalue weighted by atomic mass is 19.4. The first-order valence-corrected chi connectivity index (χ1v) is 11.6. The van der Waals surface area contributed by atoms with Crippen molar-refractivity contribution in [2.75, 3.05) is 24.3 Å². The fourth-order valence-electron chi connectivity index (χ4n) is 3.83. The van der Waals surface area contributed by atoms with Crippen molar-refractivity contribution >= 4 is 17.3 Å². The lowest BCUT2D eigenvalue weighted by atomic mass is 10.1. The van der Waals surface area contributed by atoms with E-state index in [1.165, 1.54) is 16.7 Å². The minimum Gasteiger partial charge on any atom is -0.378 e. The number of halogens is 3. The molecule has 1 aromatic heterocycles. The Labute approximate surface area is 211 Å². The van der Waals surface area contributed by atoms with Gasteiger partial charge in [-0.05, 0) is 47.9 Å². The molecule has 0 saturated heterocycles. The van der Waals surface area contributed by atoms with Gasteiger partial charge in [0.05, 0.1) is 12.1 Å². The number of hydrogen-bond acceptors (Lipinski definition) is 5. The molecule has 4 rings (SSSR count). The second-order valence-corrected chi connectivity index (χ2v) is 8.74. The predicted octanol–water partition coefficient (Wildman–Crippen LogP) is 4.52. The van der Waals surface area contributed by atoms with E-state index in [-0.39, 0.29) is 24.7 Å². The molecule has 0 spiro atoms. The highest BCUT2D eigenvalue weighted by Crippen LogP contribution is 2.31. The summed E-state index contributed by atoms with van der Waals surface area (Å²) in [4.78, 5) is 32.3. The van der Waals surface area contributed by atoms with Crippen LogP contribution in [0.5, 0.6) is 0 Å². The van der Waals surface area contributed by atoms with Gasteiger partial charge in [0.15, 0.2) is 0 Å². The summed E-state index contributed by atoms with van der Waals surface area (Å²) in [5.41, 5.74) is 0.475. The fourth-order valence-corrected chi connectivity index (χ4v) is 3.83. The van der Waals surface area contributed by atoms with Crippen LogP contribution in [0.2, 0.25) is 0 Å². The molecule has 192 valence electrons. The van der Waals surface area contributed by atoms with E-state index in [1.807, 2.05) is 73.6 Å². The normalized spacial score (nSPS) is 11.4. The minimum absolute atomic E-state index is 0.0554. The molecule has 0 fully saturated rings. The number of aromatic nitrogens is 3. The number of nitrogens with one attached hydrogen (secondary N) is 1. The average Bonchev–Trinajstić information content (AvgIpc) is 2.87. The zero-order valence-corrected chi connectivity index (χ0v) is 20.4. The van der Waals surface area contributed by atoms with Crippen molar-refractivity contribution in [2.45, 2.75) is 25.7 Å². The lowest BCUT2D eigenvalue weighted by molar-refractivity contribution is -0.137. The van der Waals surface area contributed by atoms with E-state index >= 15 is 0 Å². The Balaban J connectivity index is 1.73. The summed E-state index contributed by atoms with van der Waals surface area (Å²) in [6, 6.07) is 21.4. The second-order valence-electron chi connectivity index (χ2n) is 8.74. The smallest absolute Gasteiger partial charge is 0.378 e. The van der Waals surface area contributed by atoms with Crippen LogP contribution in [0.3, 0.4) is 0 Å². The van der Waals surface area contributed by atoms with Crippen molar-refractivity contribution in [3.63, 3.8) is 0 Å². The van der Waals surface area contributed by atoms with Gasteiger partial charge in [-0.1, -0.05) is 48.5 Å². The maximum Gasteiger partial charge on any atom is 0.416 e. The molecule has 3 aromatic carbocycles. The molecular formula is C27H26F3N5O2. The molecule has 0 atom stereocenters. The molecule has 0 radical (unpaired) electrons.